The monoisotopic (exact) mass is 502 g/mol. The fraction of sp³-hybridized carbons (Fsp3) is 0.867. The number of esters is 1. The molecule has 0 bridgehead atoms. The molecule has 11 atom stereocenters. The lowest BCUT2D eigenvalue weighted by atomic mass is 9.43. The Balaban J connectivity index is 1.61. The summed E-state index contributed by atoms with van der Waals surface area (Å²) in [6.45, 7) is 12.3. The lowest BCUT2D eigenvalue weighted by molar-refractivity contribution is -0.197. The molecule has 0 aromatic heterocycles. The van der Waals surface area contributed by atoms with Crippen LogP contribution < -0.4 is 5.32 Å². The maximum absolute atomic E-state index is 12.7. The smallest absolute Gasteiger partial charge is 0.302 e. The molecule has 0 saturated heterocycles. The van der Waals surface area contributed by atoms with Crippen molar-refractivity contribution in [1.29, 1.82) is 0 Å². The normalized spacial score (nSPS) is 45.3. The van der Waals surface area contributed by atoms with Crippen molar-refractivity contribution in [3.63, 3.8) is 0 Å². The van der Waals surface area contributed by atoms with Crippen LogP contribution in [0.2, 0.25) is 0 Å². The molecule has 0 unspecified atom stereocenters. The number of carbonyl (C=O) groups is 2. The topological polar surface area (TPSA) is 78.9 Å². The number of allylic oxidation sites excluding steroid dienone is 1. The molecule has 4 aliphatic rings. The van der Waals surface area contributed by atoms with E-state index in [9.17, 15) is 14.7 Å². The summed E-state index contributed by atoms with van der Waals surface area (Å²) < 4.78 is 5.95. The standard InChI is InChI=1S/C30H50N2O4/c1-9-17(2)28(35)31-26-25(34)16-30(6)23-14-15-29(5)21(18(3)32(7)8)12-13-22(29)20(23)10-11-24(30)27(26)36-19(4)33/h9,18,20-27,34H,10-16H2,1-8H3,(H,31,35)/b17-9-/t18-,20+,21+,22+,23-,24-,25-,26-,27+,29+,30+/m0/s1. The first-order valence-corrected chi connectivity index (χ1v) is 14.3. The molecule has 0 aliphatic heterocycles. The van der Waals surface area contributed by atoms with E-state index in [1.165, 1.54) is 32.6 Å². The first-order valence-electron chi connectivity index (χ1n) is 14.3. The third kappa shape index (κ3) is 4.44. The van der Waals surface area contributed by atoms with Gasteiger partial charge in [0.25, 0.3) is 0 Å². The van der Waals surface area contributed by atoms with Gasteiger partial charge < -0.3 is 20.1 Å². The van der Waals surface area contributed by atoms with Crippen molar-refractivity contribution in [3.05, 3.63) is 11.6 Å². The zero-order valence-corrected chi connectivity index (χ0v) is 23.8. The molecule has 4 rings (SSSR count). The Kier molecular flexibility index (Phi) is 7.72. The van der Waals surface area contributed by atoms with E-state index in [1.807, 2.05) is 6.92 Å². The minimum absolute atomic E-state index is 0.105. The molecule has 0 heterocycles. The maximum atomic E-state index is 12.7. The summed E-state index contributed by atoms with van der Waals surface area (Å²) >= 11 is 0. The first kappa shape index (κ1) is 27.6. The number of hydrogen-bond donors (Lipinski definition) is 2. The minimum atomic E-state index is -0.735. The van der Waals surface area contributed by atoms with Gasteiger partial charge in [-0.2, -0.15) is 0 Å². The summed E-state index contributed by atoms with van der Waals surface area (Å²) in [4.78, 5) is 27.4. The van der Waals surface area contributed by atoms with Gasteiger partial charge in [-0.25, -0.2) is 0 Å². The number of hydrogen-bond acceptors (Lipinski definition) is 5. The van der Waals surface area contributed by atoms with E-state index in [-0.39, 0.29) is 23.2 Å². The molecule has 4 saturated carbocycles. The number of aliphatic hydroxyl groups is 1. The van der Waals surface area contributed by atoms with Crippen molar-refractivity contribution < 1.29 is 19.4 Å². The Morgan fingerprint density at radius 2 is 1.67 bits per heavy atom. The van der Waals surface area contributed by atoms with Crippen molar-refractivity contribution in [2.24, 2.45) is 40.4 Å². The maximum Gasteiger partial charge on any atom is 0.302 e. The van der Waals surface area contributed by atoms with Crippen LogP contribution in [0.25, 0.3) is 0 Å². The number of rotatable bonds is 5. The van der Waals surface area contributed by atoms with Crippen LogP contribution in [0.4, 0.5) is 0 Å². The average Bonchev–Trinajstić information content (AvgIpc) is 3.16. The molecule has 0 spiro atoms. The number of fused-ring (bicyclic) bond motifs is 5. The second-order valence-corrected chi connectivity index (χ2v) is 13.3. The van der Waals surface area contributed by atoms with Crippen molar-refractivity contribution >= 4 is 11.9 Å². The molecule has 6 nitrogen and oxygen atoms in total. The van der Waals surface area contributed by atoms with Gasteiger partial charge in [-0.05, 0) is 114 Å². The fourth-order valence-corrected chi connectivity index (χ4v) is 9.49. The van der Waals surface area contributed by atoms with E-state index >= 15 is 0 Å². The van der Waals surface area contributed by atoms with Crippen LogP contribution >= 0.6 is 0 Å². The molecule has 0 aromatic rings. The fourth-order valence-electron chi connectivity index (χ4n) is 9.49. The molecular formula is C30H50N2O4. The molecule has 4 fully saturated rings. The molecular weight excluding hydrogens is 452 g/mol. The number of nitrogens with zero attached hydrogens (tertiary/aromatic N) is 1. The molecule has 0 radical (unpaired) electrons. The SMILES string of the molecule is C/C=C(/C)C(=O)N[C@@H]1[C@H](OC(C)=O)[C@@H]2CC[C@@H]3[C@H]4CC[C@H]([C@H](C)N(C)C)[C@@]4(C)CC[C@@H]3[C@@]2(C)C[C@@H]1O. The Hall–Kier alpha value is -1.40. The molecule has 204 valence electrons. The lowest BCUT2D eigenvalue weighted by Gasteiger charge is -2.63. The third-order valence-corrected chi connectivity index (χ3v) is 11.6. The Morgan fingerprint density at radius 3 is 2.28 bits per heavy atom. The summed E-state index contributed by atoms with van der Waals surface area (Å²) in [6.07, 6.45) is 8.34. The Labute approximate surface area is 218 Å². The Bertz CT molecular complexity index is 886. The zero-order chi connectivity index (χ0) is 26.6. The second kappa shape index (κ2) is 10.1. The lowest BCUT2D eigenvalue weighted by Crippen LogP contribution is -2.66. The number of carbonyl (C=O) groups excluding carboxylic acids is 2. The van der Waals surface area contributed by atoms with Crippen LogP contribution in [-0.2, 0) is 14.3 Å². The van der Waals surface area contributed by atoms with Crippen LogP contribution in [0.5, 0.6) is 0 Å². The van der Waals surface area contributed by atoms with E-state index < -0.39 is 18.2 Å². The predicted octanol–water partition coefficient (Wildman–Crippen LogP) is 4.56. The van der Waals surface area contributed by atoms with Gasteiger partial charge in [0.1, 0.15) is 6.10 Å². The Morgan fingerprint density at radius 1 is 1.03 bits per heavy atom. The van der Waals surface area contributed by atoms with Crippen molar-refractivity contribution in [1.82, 2.24) is 10.2 Å². The summed E-state index contributed by atoms with van der Waals surface area (Å²) in [7, 11) is 4.43. The number of amides is 1. The van der Waals surface area contributed by atoms with Crippen molar-refractivity contribution in [2.45, 2.75) is 111 Å². The summed E-state index contributed by atoms with van der Waals surface area (Å²) in [6, 6.07) is 0.00917. The van der Waals surface area contributed by atoms with Crippen LogP contribution in [0.15, 0.2) is 11.6 Å². The van der Waals surface area contributed by atoms with Gasteiger partial charge in [-0.3, -0.25) is 9.59 Å². The molecule has 36 heavy (non-hydrogen) atoms. The largest absolute Gasteiger partial charge is 0.460 e. The second-order valence-electron chi connectivity index (χ2n) is 13.3. The van der Waals surface area contributed by atoms with Gasteiger partial charge in [-0.15, -0.1) is 0 Å². The third-order valence-electron chi connectivity index (χ3n) is 11.6. The van der Waals surface area contributed by atoms with E-state index in [4.69, 9.17) is 4.74 Å². The van der Waals surface area contributed by atoms with Gasteiger partial charge in [0, 0.05) is 24.5 Å². The molecule has 4 aliphatic carbocycles. The number of aliphatic hydroxyl groups excluding tert-OH is 1. The quantitative estimate of drug-likeness (QED) is 0.426. The zero-order valence-electron chi connectivity index (χ0n) is 23.8. The minimum Gasteiger partial charge on any atom is -0.460 e. The number of nitrogens with one attached hydrogen (secondary N) is 1. The van der Waals surface area contributed by atoms with Gasteiger partial charge >= 0.3 is 5.97 Å². The van der Waals surface area contributed by atoms with E-state index in [1.54, 1.807) is 13.0 Å². The predicted molar refractivity (Wildman–Crippen MR) is 142 cm³/mol. The van der Waals surface area contributed by atoms with Gasteiger partial charge in [0.05, 0.1) is 12.1 Å². The molecule has 2 N–H and O–H groups in total. The van der Waals surface area contributed by atoms with Gasteiger partial charge in [0.15, 0.2) is 0 Å². The highest BCUT2D eigenvalue weighted by Gasteiger charge is 2.64. The van der Waals surface area contributed by atoms with Crippen LogP contribution in [0.3, 0.4) is 0 Å². The molecule has 6 heteroatoms. The highest BCUT2D eigenvalue weighted by Crippen LogP contribution is 2.68. The number of ether oxygens (including phenoxy) is 1. The first-order chi connectivity index (χ1) is 16.8. The summed E-state index contributed by atoms with van der Waals surface area (Å²) in [5, 5.41) is 14.5. The van der Waals surface area contributed by atoms with Crippen molar-refractivity contribution in [3.8, 4) is 0 Å². The van der Waals surface area contributed by atoms with Crippen LogP contribution in [0, 0.1) is 40.4 Å². The van der Waals surface area contributed by atoms with E-state index in [2.05, 4.69) is 45.1 Å². The highest BCUT2D eigenvalue weighted by atomic mass is 16.5. The summed E-state index contributed by atoms with van der Waals surface area (Å²) in [5.74, 6) is 2.23. The summed E-state index contributed by atoms with van der Waals surface area (Å²) in [5.41, 5.74) is 0.874. The van der Waals surface area contributed by atoms with Crippen molar-refractivity contribution in [2.75, 3.05) is 14.1 Å². The molecule has 0 aromatic carbocycles. The van der Waals surface area contributed by atoms with Gasteiger partial charge in [-0.1, -0.05) is 19.9 Å². The van der Waals surface area contributed by atoms with Crippen LogP contribution in [0.1, 0.15) is 86.5 Å². The van der Waals surface area contributed by atoms with Crippen LogP contribution in [-0.4, -0.2) is 60.3 Å². The van der Waals surface area contributed by atoms with Gasteiger partial charge in [0.2, 0.25) is 5.91 Å². The van der Waals surface area contributed by atoms with E-state index in [0.717, 1.165) is 24.7 Å². The van der Waals surface area contributed by atoms with E-state index in [0.29, 0.717) is 35.3 Å². The average molecular weight is 503 g/mol. The highest BCUT2D eigenvalue weighted by molar-refractivity contribution is 5.93. The molecule has 1 amide bonds.